The van der Waals surface area contributed by atoms with Crippen LogP contribution in [0.25, 0.3) is 0 Å². The Hall–Kier alpha value is -2.60. The molecular weight excluding hydrogens is 324 g/mol. The Morgan fingerprint density at radius 1 is 1.21 bits per heavy atom. The lowest BCUT2D eigenvalue weighted by atomic mass is 10.2. The first-order valence-corrected chi connectivity index (χ1v) is 8.85. The third kappa shape index (κ3) is 3.83. The molecule has 0 saturated carbocycles. The second-order valence-corrected chi connectivity index (χ2v) is 7.30. The number of carbonyl (C=O) groups excluding carboxylic acids is 1. The maximum atomic E-state index is 12.7. The fourth-order valence-electron chi connectivity index (χ4n) is 2.12. The van der Waals surface area contributed by atoms with Gasteiger partial charge in [-0.25, -0.2) is 8.42 Å². The fraction of sp³-hybridized carbons (Fsp3) is 0.167. The Labute approximate surface area is 142 Å². The molecule has 0 aliphatic carbocycles. The number of aryl methyl sites for hydroxylation is 1. The topological polar surface area (TPSA) is 66.5 Å². The van der Waals surface area contributed by atoms with E-state index in [2.05, 4.69) is 11.9 Å². The molecule has 2 aromatic rings. The van der Waals surface area contributed by atoms with Gasteiger partial charge in [0, 0.05) is 19.2 Å². The maximum Gasteiger partial charge on any atom is 0.264 e. The largest absolute Gasteiger partial charge is 0.349 e. The molecular formula is C18H20N2O3S. The summed E-state index contributed by atoms with van der Waals surface area (Å²) in [6.07, 6.45) is 1.58. The molecule has 0 spiro atoms. The van der Waals surface area contributed by atoms with Gasteiger partial charge in [0.25, 0.3) is 15.9 Å². The first-order chi connectivity index (χ1) is 11.4. The van der Waals surface area contributed by atoms with Crippen LogP contribution < -0.4 is 9.62 Å². The molecule has 24 heavy (non-hydrogen) atoms. The van der Waals surface area contributed by atoms with E-state index in [-0.39, 0.29) is 10.8 Å². The van der Waals surface area contributed by atoms with Crippen LogP contribution in [0.5, 0.6) is 0 Å². The monoisotopic (exact) mass is 344 g/mol. The zero-order chi connectivity index (χ0) is 17.7. The van der Waals surface area contributed by atoms with Crippen molar-refractivity contribution in [3.05, 3.63) is 72.3 Å². The molecule has 0 bridgehead atoms. The van der Waals surface area contributed by atoms with Crippen LogP contribution >= 0.6 is 0 Å². The van der Waals surface area contributed by atoms with Gasteiger partial charge in [-0.05, 0) is 37.3 Å². The number of nitrogens with zero attached hydrogens (tertiary/aromatic N) is 1. The number of anilines is 1. The SMILES string of the molecule is C=CCNC(=O)c1cccc(N(C)S(=O)(=O)c2ccc(C)cc2)c1. The summed E-state index contributed by atoms with van der Waals surface area (Å²) in [4.78, 5) is 12.2. The highest BCUT2D eigenvalue weighted by Crippen LogP contribution is 2.23. The van der Waals surface area contributed by atoms with E-state index in [0.29, 0.717) is 17.8 Å². The molecule has 0 saturated heterocycles. The Kier molecular flexibility index (Phi) is 5.41. The number of sulfonamides is 1. The molecule has 1 N–H and O–H groups in total. The second kappa shape index (κ2) is 7.31. The predicted molar refractivity (Wildman–Crippen MR) is 95.7 cm³/mol. The summed E-state index contributed by atoms with van der Waals surface area (Å²) in [5.74, 6) is -0.280. The van der Waals surface area contributed by atoms with Crippen molar-refractivity contribution in [2.75, 3.05) is 17.9 Å². The summed E-state index contributed by atoms with van der Waals surface area (Å²) < 4.78 is 26.6. The third-order valence-electron chi connectivity index (χ3n) is 3.56. The number of benzene rings is 2. The molecule has 0 aliphatic heterocycles. The first kappa shape index (κ1) is 17.7. The molecule has 6 heteroatoms. The van der Waals surface area contributed by atoms with E-state index in [1.54, 1.807) is 54.6 Å². The number of nitrogens with one attached hydrogen (secondary N) is 1. The Morgan fingerprint density at radius 2 is 1.88 bits per heavy atom. The van der Waals surface area contributed by atoms with E-state index >= 15 is 0 Å². The molecule has 0 unspecified atom stereocenters. The number of hydrogen-bond acceptors (Lipinski definition) is 3. The van der Waals surface area contributed by atoms with Crippen LogP contribution in [0.4, 0.5) is 5.69 Å². The van der Waals surface area contributed by atoms with Gasteiger partial charge in [0.2, 0.25) is 0 Å². The van der Waals surface area contributed by atoms with Crippen LogP contribution in [0.15, 0.2) is 66.1 Å². The van der Waals surface area contributed by atoms with Crippen LogP contribution in [-0.2, 0) is 10.0 Å². The average molecular weight is 344 g/mol. The summed E-state index contributed by atoms with van der Waals surface area (Å²) in [5, 5.41) is 2.67. The minimum Gasteiger partial charge on any atom is -0.349 e. The van der Waals surface area contributed by atoms with Crippen LogP contribution in [0, 0.1) is 6.92 Å². The molecule has 2 aromatic carbocycles. The summed E-state index contributed by atoms with van der Waals surface area (Å²) in [7, 11) is -2.21. The quantitative estimate of drug-likeness (QED) is 0.820. The molecule has 5 nitrogen and oxygen atoms in total. The highest BCUT2D eigenvalue weighted by molar-refractivity contribution is 7.92. The van der Waals surface area contributed by atoms with Crippen LogP contribution in [-0.4, -0.2) is 27.9 Å². The average Bonchev–Trinajstić information content (AvgIpc) is 2.59. The predicted octanol–water partition coefficient (Wildman–Crippen LogP) is 2.74. The van der Waals surface area contributed by atoms with E-state index in [1.165, 1.54) is 11.4 Å². The van der Waals surface area contributed by atoms with E-state index in [1.807, 2.05) is 6.92 Å². The summed E-state index contributed by atoms with van der Waals surface area (Å²) in [5.41, 5.74) is 1.79. The fourth-order valence-corrected chi connectivity index (χ4v) is 3.30. The van der Waals surface area contributed by atoms with Crippen LogP contribution in [0.2, 0.25) is 0 Å². The lowest BCUT2D eigenvalue weighted by Gasteiger charge is -2.20. The molecule has 0 fully saturated rings. The van der Waals surface area contributed by atoms with Crippen LogP contribution in [0.1, 0.15) is 15.9 Å². The molecule has 0 aliphatic rings. The summed E-state index contributed by atoms with van der Waals surface area (Å²) in [6, 6.07) is 13.1. The highest BCUT2D eigenvalue weighted by atomic mass is 32.2. The molecule has 0 radical (unpaired) electrons. The standard InChI is InChI=1S/C18H20N2O3S/c1-4-12-19-18(21)15-6-5-7-16(13-15)20(3)24(22,23)17-10-8-14(2)9-11-17/h4-11,13H,1,12H2,2-3H3,(H,19,21). The number of hydrogen-bond donors (Lipinski definition) is 1. The molecule has 0 aromatic heterocycles. The minimum atomic E-state index is -3.68. The summed E-state index contributed by atoms with van der Waals surface area (Å²) >= 11 is 0. The van der Waals surface area contributed by atoms with Gasteiger partial charge in [-0.3, -0.25) is 9.10 Å². The lowest BCUT2D eigenvalue weighted by molar-refractivity contribution is 0.0958. The van der Waals surface area contributed by atoms with Crippen molar-refractivity contribution in [1.82, 2.24) is 5.32 Å². The van der Waals surface area contributed by atoms with Gasteiger partial charge >= 0.3 is 0 Å². The van der Waals surface area contributed by atoms with Gasteiger partial charge in [0.05, 0.1) is 10.6 Å². The van der Waals surface area contributed by atoms with Gasteiger partial charge in [-0.1, -0.05) is 29.8 Å². The van der Waals surface area contributed by atoms with Crippen molar-refractivity contribution >= 4 is 21.6 Å². The van der Waals surface area contributed by atoms with Crippen molar-refractivity contribution in [2.45, 2.75) is 11.8 Å². The molecule has 126 valence electrons. The summed E-state index contributed by atoms with van der Waals surface area (Å²) in [6.45, 7) is 5.78. The van der Waals surface area contributed by atoms with E-state index in [0.717, 1.165) is 5.56 Å². The van der Waals surface area contributed by atoms with Crippen LogP contribution in [0.3, 0.4) is 0 Å². The Morgan fingerprint density at radius 3 is 2.50 bits per heavy atom. The zero-order valence-corrected chi connectivity index (χ0v) is 14.5. The van der Waals surface area contributed by atoms with Crippen molar-refractivity contribution in [3.63, 3.8) is 0 Å². The van der Waals surface area contributed by atoms with E-state index < -0.39 is 10.0 Å². The lowest BCUT2D eigenvalue weighted by Crippen LogP contribution is -2.27. The van der Waals surface area contributed by atoms with E-state index in [9.17, 15) is 13.2 Å². The van der Waals surface area contributed by atoms with Gasteiger partial charge in [0.1, 0.15) is 0 Å². The van der Waals surface area contributed by atoms with Gasteiger partial charge < -0.3 is 5.32 Å². The number of rotatable bonds is 6. The number of carbonyl (C=O) groups is 1. The molecule has 1 amide bonds. The molecule has 0 atom stereocenters. The van der Waals surface area contributed by atoms with Gasteiger partial charge in [0.15, 0.2) is 0 Å². The van der Waals surface area contributed by atoms with Gasteiger partial charge in [-0.15, -0.1) is 6.58 Å². The van der Waals surface area contributed by atoms with Crippen molar-refractivity contribution in [1.29, 1.82) is 0 Å². The van der Waals surface area contributed by atoms with Crippen molar-refractivity contribution in [2.24, 2.45) is 0 Å². The van der Waals surface area contributed by atoms with Gasteiger partial charge in [-0.2, -0.15) is 0 Å². The van der Waals surface area contributed by atoms with Crippen molar-refractivity contribution in [3.8, 4) is 0 Å². The number of amides is 1. The molecule has 0 heterocycles. The van der Waals surface area contributed by atoms with E-state index in [4.69, 9.17) is 0 Å². The zero-order valence-electron chi connectivity index (χ0n) is 13.7. The molecule has 2 rings (SSSR count). The third-order valence-corrected chi connectivity index (χ3v) is 5.36. The highest BCUT2D eigenvalue weighted by Gasteiger charge is 2.21. The Bertz CT molecular complexity index is 843. The first-order valence-electron chi connectivity index (χ1n) is 7.41. The maximum absolute atomic E-state index is 12.7. The second-order valence-electron chi connectivity index (χ2n) is 5.33. The normalized spacial score (nSPS) is 10.9. The minimum absolute atomic E-state index is 0.206. The smallest absolute Gasteiger partial charge is 0.264 e. The Balaban J connectivity index is 2.32. The van der Waals surface area contributed by atoms with Crippen molar-refractivity contribution < 1.29 is 13.2 Å².